The van der Waals surface area contributed by atoms with E-state index in [4.69, 9.17) is 14.2 Å². The van der Waals surface area contributed by atoms with Crippen molar-refractivity contribution in [3.05, 3.63) is 77.4 Å². The van der Waals surface area contributed by atoms with Gasteiger partial charge in [0, 0.05) is 11.3 Å². The quantitative estimate of drug-likeness (QED) is 0.469. The summed E-state index contributed by atoms with van der Waals surface area (Å²) >= 11 is 0. The van der Waals surface area contributed by atoms with E-state index < -0.39 is 22.0 Å². The molecular weight excluding hydrogens is 456 g/mol. The van der Waals surface area contributed by atoms with Crippen LogP contribution in [-0.2, 0) is 10.0 Å². The van der Waals surface area contributed by atoms with Crippen molar-refractivity contribution >= 4 is 21.6 Å². The minimum Gasteiger partial charge on any atom is -0.493 e. The van der Waals surface area contributed by atoms with E-state index in [1.165, 1.54) is 39.5 Å². The lowest BCUT2D eigenvalue weighted by Crippen LogP contribution is -2.27. The number of amides is 1. The summed E-state index contributed by atoms with van der Waals surface area (Å²) in [4.78, 5) is 12.9. The highest BCUT2D eigenvalue weighted by molar-refractivity contribution is 7.92. The summed E-state index contributed by atoms with van der Waals surface area (Å²) < 4.78 is 44.3. The summed E-state index contributed by atoms with van der Waals surface area (Å²) in [6.07, 6.45) is 0. The Bertz CT molecular complexity index is 1250. The molecule has 1 amide bonds. The summed E-state index contributed by atoms with van der Waals surface area (Å²) in [5, 5.41) is 2.88. The Kier molecular flexibility index (Phi) is 7.68. The molecule has 8 nitrogen and oxygen atoms in total. The Morgan fingerprint density at radius 1 is 0.882 bits per heavy atom. The molecule has 0 saturated carbocycles. The number of nitrogens with one attached hydrogen (secondary N) is 2. The van der Waals surface area contributed by atoms with E-state index in [1.54, 1.807) is 37.3 Å². The molecule has 0 aromatic heterocycles. The molecule has 0 spiro atoms. The van der Waals surface area contributed by atoms with Crippen molar-refractivity contribution in [2.24, 2.45) is 0 Å². The summed E-state index contributed by atoms with van der Waals surface area (Å²) in [7, 11) is 0.678. The first-order chi connectivity index (χ1) is 16.2. The third-order valence-corrected chi connectivity index (χ3v) is 6.62. The van der Waals surface area contributed by atoms with Crippen molar-refractivity contribution in [1.82, 2.24) is 5.32 Å². The van der Waals surface area contributed by atoms with Crippen LogP contribution in [0.5, 0.6) is 17.2 Å². The van der Waals surface area contributed by atoms with E-state index in [0.29, 0.717) is 22.9 Å². The zero-order chi connectivity index (χ0) is 24.9. The van der Waals surface area contributed by atoms with E-state index in [9.17, 15) is 13.2 Å². The third kappa shape index (κ3) is 5.60. The molecule has 0 radical (unpaired) electrons. The van der Waals surface area contributed by atoms with Crippen LogP contribution in [0, 0.1) is 6.92 Å². The summed E-state index contributed by atoms with van der Waals surface area (Å²) in [6, 6.07) is 15.9. The molecule has 0 aliphatic rings. The van der Waals surface area contributed by atoms with Crippen LogP contribution in [-0.4, -0.2) is 35.7 Å². The SMILES string of the molecule is COc1cc(C(C)NC(=O)c2cccc(S(=O)(=O)Nc3ccc(C)cc3)c2)cc(OC)c1OC. The highest BCUT2D eigenvalue weighted by atomic mass is 32.2. The Morgan fingerprint density at radius 2 is 1.50 bits per heavy atom. The molecule has 0 fully saturated rings. The molecule has 9 heteroatoms. The summed E-state index contributed by atoms with van der Waals surface area (Å²) in [5.41, 5.74) is 2.40. The van der Waals surface area contributed by atoms with Gasteiger partial charge in [0.25, 0.3) is 15.9 Å². The van der Waals surface area contributed by atoms with Gasteiger partial charge in [0.2, 0.25) is 5.75 Å². The lowest BCUT2D eigenvalue weighted by Gasteiger charge is -2.19. The Morgan fingerprint density at radius 3 is 2.06 bits per heavy atom. The van der Waals surface area contributed by atoms with Crippen LogP contribution in [0.2, 0.25) is 0 Å². The maximum atomic E-state index is 12.9. The van der Waals surface area contributed by atoms with E-state index >= 15 is 0 Å². The van der Waals surface area contributed by atoms with Crippen molar-refractivity contribution in [1.29, 1.82) is 0 Å². The number of carbonyl (C=O) groups excluding carboxylic acids is 1. The molecular formula is C25H28N2O6S. The highest BCUT2D eigenvalue weighted by Gasteiger charge is 2.20. The minimum absolute atomic E-state index is 0.0128. The van der Waals surface area contributed by atoms with Gasteiger partial charge in [0.15, 0.2) is 11.5 Å². The molecule has 3 aromatic carbocycles. The standard InChI is InChI=1S/C25H28N2O6S/c1-16-9-11-20(12-10-16)27-34(29,30)21-8-6-7-18(13-21)25(28)26-17(2)19-14-22(31-3)24(33-5)23(15-19)32-4/h6-15,17,27H,1-5H3,(H,26,28). The third-order valence-electron chi connectivity index (χ3n) is 5.24. The fourth-order valence-corrected chi connectivity index (χ4v) is 4.46. The molecule has 0 aliphatic heterocycles. The Balaban J connectivity index is 1.81. The van der Waals surface area contributed by atoms with Gasteiger partial charge < -0.3 is 19.5 Å². The Hall–Kier alpha value is -3.72. The van der Waals surface area contributed by atoms with Crippen molar-refractivity contribution in [3.8, 4) is 17.2 Å². The van der Waals surface area contributed by atoms with Gasteiger partial charge in [0.1, 0.15) is 0 Å². The van der Waals surface area contributed by atoms with Crippen molar-refractivity contribution in [2.45, 2.75) is 24.8 Å². The zero-order valence-corrected chi connectivity index (χ0v) is 20.5. The molecule has 3 rings (SSSR count). The summed E-state index contributed by atoms with van der Waals surface area (Å²) in [6.45, 7) is 3.72. The second-order valence-corrected chi connectivity index (χ2v) is 9.34. The van der Waals surface area contributed by atoms with Crippen molar-refractivity contribution in [3.63, 3.8) is 0 Å². The summed E-state index contributed by atoms with van der Waals surface area (Å²) in [5.74, 6) is 0.960. The average molecular weight is 485 g/mol. The zero-order valence-electron chi connectivity index (χ0n) is 19.7. The topological polar surface area (TPSA) is 103 Å². The number of carbonyl (C=O) groups is 1. The number of benzene rings is 3. The predicted octanol–water partition coefficient (Wildman–Crippen LogP) is 4.31. The molecule has 34 heavy (non-hydrogen) atoms. The Labute approximate surface area is 199 Å². The first kappa shape index (κ1) is 24.9. The monoisotopic (exact) mass is 484 g/mol. The van der Waals surface area contributed by atoms with Crippen LogP contribution in [0.3, 0.4) is 0 Å². The van der Waals surface area contributed by atoms with Crippen LogP contribution in [0.25, 0.3) is 0 Å². The van der Waals surface area contributed by atoms with E-state index in [2.05, 4.69) is 10.0 Å². The van der Waals surface area contributed by atoms with Crippen LogP contribution in [0.4, 0.5) is 5.69 Å². The molecule has 0 bridgehead atoms. The van der Waals surface area contributed by atoms with Gasteiger partial charge in [-0.25, -0.2) is 8.42 Å². The van der Waals surface area contributed by atoms with Crippen LogP contribution >= 0.6 is 0 Å². The lowest BCUT2D eigenvalue weighted by molar-refractivity contribution is 0.0939. The maximum Gasteiger partial charge on any atom is 0.261 e. The van der Waals surface area contributed by atoms with Gasteiger partial charge >= 0.3 is 0 Å². The number of methoxy groups -OCH3 is 3. The molecule has 2 N–H and O–H groups in total. The molecule has 180 valence electrons. The number of hydrogen-bond acceptors (Lipinski definition) is 6. The first-order valence-electron chi connectivity index (χ1n) is 10.5. The molecule has 0 saturated heterocycles. The number of aryl methyl sites for hydroxylation is 1. The van der Waals surface area contributed by atoms with Crippen molar-refractivity contribution < 1.29 is 27.4 Å². The molecule has 0 heterocycles. The number of rotatable bonds is 9. The fourth-order valence-electron chi connectivity index (χ4n) is 3.35. The second kappa shape index (κ2) is 10.5. The second-order valence-electron chi connectivity index (χ2n) is 7.65. The average Bonchev–Trinajstić information content (AvgIpc) is 2.84. The van der Waals surface area contributed by atoms with Crippen LogP contribution in [0.1, 0.15) is 34.5 Å². The number of hydrogen-bond donors (Lipinski definition) is 2. The minimum atomic E-state index is -3.87. The van der Waals surface area contributed by atoms with Gasteiger partial charge in [-0.1, -0.05) is 23.8 Å². The van der Waals surface area contributed by atoms with Crippen molar-refractivity contribution in [2.75, 3.05) is 26.1 Å². The first-order valence-corrected chi connectivity index (χ1v) is 12.0. The molecule has 0 aliphatic carbocycles. The highest BCUT2D eigenvalue weighted by Crippen LogP contribution is 2.39. The van der Waals surface area contributed by atoms with E-state index in [0.717, 1.165) is 11.1 Å². The van der Waals surface area contributed by atoms with Crippen LogP contribution in [0.15, 0.2) is 65.6 Å². The number of ether oxygens (including phenoxy) is 3. The number of anilines is 1. The van der Waals surface area contributed by atoms with Gasteiger partial charge in [-0.15, -0.1) is 0 Å². The predicted molar refractivity (Wildman–Crippen MR) is 130 cm³/mol. The van der Waals surface area contributed by atoms with E-state index in [1.807, 2.05) is 19.1 Å². The fraction of sp³-hybridized carbons (Fsp3) is 0.240. The van der Waals surface area contributed by atoms with Gasteiger partial charge in [-0.05, 0) is 61.9 Å². The van der Waals surface area contributed by atoms with Crippen LogP contribution < -0.4 is 24.2 Å². The van der Waals surface area contributed by atoms with Gasteiger partial charge in [-0.3, -0.25) is 9.52 Å². The number of sulfonamides is 1. The van der Waals surface area contributed by atoms with Gasteiger partial charge in [-0.2, -0.15) is 0 Å². The largest absolute Gasteiger partial charge is 0.493 e. The maximum absolute atomic E-state index is 12.9. The molecule has 3 aromatic rings. The lowest BCUT2D eigenvalue weighted by atomic mass is 10.1. The van der Waals surface area contributed by atoms with Gasteiger partial charge in [0.05, 0.1) is 32.3 Å². The molecule has 1 atom stereocenters. The molecule has 1 unspecified atom stereocenters. The smallest absolute Gasteiger partial charge is 0.261 e. The normalized spacial score (nSPS) is 11.9. The van der Waals surface area contributed by atoms with E-state index in [-0.39, 0.29) is 10.5 Å².